The van der Waals surface area contributed by atoms with Crippen molar-refractivity contribution in [1.29, 1.82) is 0 Å². The van der Waals surface area contributed by atoms with Gasteiger partial charge in [0, 0.05) is 6.07 Å². The highest BCUT2D eigenvalue weighted by molar-refractivity contribution is 5.73. The van der Waals surface area contributed by atoms with Crippen LogP contribution in [0, 0.1) is 0 Å². The number of aromatic hydroxyl groups is 2. The van der Waals surface area contributed by atoms with Crippen LogP contribution in [0.5, 0.6) is 11.5 Å². The lowest BCUT2D eigenvalue weighted by molar-refractivity contribution is -0.138. The first-order valence-corrected chi connectivity index (χ1v) is 5.45. The van der Waals surface area contributed by atoms with Gasteiger partial charge in [-0.2, -0.15) is 0 Å². The van der Waals surface area contributed by atoms with Gasteiger partial charge in [0.15, 0.2) is 0 Å². The molecule has 17 heavy (non-hydrogen) atoms. The van der Waals surface area contributed by atoms with Crippen LogP contribution in [0.1, 0.15) is 31.2 Å². The molecular formula is C12H17NO4. The molecule has 1 aromatic rings. The quantitative estimate of drug-likeness (QED) is 0.621. The number of hydrogen-bond acceptors (Lipinski definition) is 4. The third-order valence-electron chi connectivity index (χ3n) is 2.74. The van der Waals surface area contributed by atoms with Crippen molar-refractivity contribution in [1.82, 2.24) is 0 Å². The largest absolute Gasteiger partial charge is 0.508 e. The summed E-state index contributed by atoms with van der Waals surface area (Å²) >= 11 is 0. The molecule has 0 fully saturated rings. The molecule has 0 saturated heterocycles. The van der Waals surface area contributed by atoms with Gasteiger partial charge >= 0.3 is 5.97 Å². The van der Waals surface area contributed by atoms with E-state index in [1.165, 1.54) is 18.2 Å². The van der Waals surface area contributed by atoms with E-state index >= 15 is 0 Å². The third kappa shape index (κ3) is 3.64. The number of hydrogen-bond donors (Lipinski definition) is 4. The Morgan fingerprint density at radius 1 is 1.29 bits per heavy atom. The normalized spacial score (nSPS) is 14.2. The summed E-state index contributed by atoms with van der Waals surface area (Å²) in [5, 5.41) is 27.5. The summed E-state index contributed by atoms with van der Waals surface area (Å²) in [6, 6.07) is 3.32. The van der Waals surface area contributed by atoms with Crippen molar-refractivity contribution in [3.63, 3.8) is 0 Å². The minimum atomic E-state index is -1.05. The lowest BCUT2D eigenvalue weighted by Crippen LogP contribution is -2.31. The monoisotopic (exact) mass is 239 g/mol. The number of benzene rings is 1. The molecule has 0 radical (unpaired) electrons. The molecule has 0 aliphatic heterocycles. The summed E-state index contributed by atoms with van der Waals surface area (Å²) in [5.41, 5.74) is 6.18. The number of carboxylic acid groups (broad SMARTS) is 1. The minimum absolute atomic E-state index is 0.0395. The zero-order valence-electron chi connectivity index (χ0n) is 9.63. The van der Waals surface area contributed by atoms with Crippen molar-refractivity contribution >= 4 is 5.97 Å². The lowest BCUT2D eigenvalue weighted by atomic mass is 9.90. The van der Waals surface area contributed by atoms with Gasteiger partial charge < -0.3 is 21.1 Å². The molecule has 5 nitrogen and oxygen atoms in total. The van der Waals surface area contributed by atoms with E-state index < -0.39 is 12.0 Å². The Morgan fingerprint density at radius 3 is 2.24 bits per heavy atom. The highest BCUT2D eigenvalue weighted by Crippen LogP contribution is 2.30. The summed E-state index contributed by atoms with van der Waals surface area (Å²) < 4.78 is 0. The Hall–Kier alpha value is -1.75. The fourth-order valence-electron chi connectivity index (χ4n) is 1.80. The third-order valence-corrected chi connectivity index (χ3v) is 2.74. The second kappa shape index (κ2) is 5.54. The predicted molar refractivity (Wildman–Crippen MR) is 63.0 cm³/mol. The molecule has 2 atom stereocenters. The number of phenolic OH excluding ortho intramolecular Hbond substituents is 2. The Morgan fingerprint density at radius 2 is 1.82 bits per heavy atom. The first-order chi connectivity index (χ1) is 7.93. The van der Waals surface area contributed by atoms with Gasteiger partial charge in [-0.15, -0.1) is 0 Å². The molecule has 1 rings (SSSR count). The van der Waals surface area contributed by atoms with Gasteiger partial charge in [0.2, 0.25) is 0 Å². The van der Waals surface area contributed by atoms with Crippen LogP contribution in [0.25, 0.3) is 0 Å². The van der Waals surface area contributed by atoms with Crippen molar-refractivity contribution < 1.29 is 20.1 Å². The maximum absolute atomic E-state index is 10.7. The maximum Gasteiger partial charge on any atom is 0.320 e. The summed E-state index contributed by atoms with van der Waals surface area (Å²) in [6.07, 6.45) is 0.957. The van der Waals surface area contributed by atoms with Crippen LogP contribution in [-0.4, -0.2) is 27.3 Å². The zero-order chi connectivity index (χ0) is 13.0. The molecule has 0 saturated carbocycles. The van der Waals surface area contributed by atoms with E-state index in [2.05, 4.69) is 0 Å². The Labute approximate surface area is 99.5 Å². The second-order valence-electron chi connectivity index (χ2n) is 4.07. The number of aliphatic carboxylic acids is 1. The molecule has 1 aromatic carbocycles. The molecule has 0 heterocycles. The van der Waals surface area contributed by atoms with Gasteiger partial charge in [-0.05, 0) is 36.5 Å². The molecule has 0 aliphatic carbocycles. The molecule has 0 spiro atoms. The molecule has 2 unspecified atom stereocenters. The minimum Gasteiger partial charge on any atom is -0.508 e. The Kier molecular flexibility index (Phi) is 4.34. The van der Waals surface area contributed by atoms with Gasteiger partial charge in [-0.3, -0.25) is 4.79 Å². The number of phenols is 2. The highest BCUT2D eigenvalue weighted by Gasteiger charge is 2.19. The molecule has 5 heteroatoms. The fourth-order valence-corrected chi connectivity index (χ4v) is 1.80. The van der Waals surface area contributed by atoms with Gasteiger partial charge in [0.05, 0.1) is 0 Å². The number of carbonyl (C=O) groups is 1. The summed E-state index contributed by atoms with van der Waals surface area (Å²) in [4.78, 5) is 10.7. The topological polar surface area (TPSA) is 104 Å². The van der Waals surface area contributed by atoms with Gasteiger partial charge in [-0.25, -0.2) is 0 Å². The summed E-state index contributed by atoms with van der Waals surface area (Å²) in [5.74, 6) is -1.23. The van der Waals surface area contributed by atoms with Crippen LogP contribution in [-0.2, 0) is 4.79 Å². The molecule has 0 amide bonds. The van der Waals surface area contributed by atoms with E-state index in [0.29, 0.717) is 12.0 Å². The van der Waals surface area contributed by atoms with E-state index in [1.807, 2.05) is 6.92 Å². The zero-order valence-corrected chi connectivity index (χ0v) is 9.63. The average molecular weight is 239 g/mol. The van der Waals surface area contributed by atoms with Crippen molar-refractivity contribution in [2.75, 3.05) is 0 Å². The van der Waals surface area contributed by atoms with Crippen LogP contribution in [0.2, 0.25) is 0 Å². The standard InChI is InChI=1S/C12H17NO4/c1-2-7(5-11(13)12(16)17)8-3-9(14)6-10(15)4-8/h3-4,6-7,11,14-15H,2,5,13H2,1H3,(H,16,17). The summed E-state index contributed by atoms with van der Waals surface area (Å²) in [6.45, 7) is 1.90. The van der Waals surface area contributed by atoms with E-state index in [0.717, 1.165) is 0 Å². The van der Waals surface area contributed by atoms with Crippen molar-refractivity contribution in [3.8, 4) is 11.5 Å². The molecular weight excluding hydrogens is 222 g/mol. The summed E-state index contributed by atoms with van der Waals surface area (Å²) in [7, 11) is 0. The highest BCUT2D eigenvalue weighted by atomic mass is 16.4. The average Bonchev–Trinajstić information content (AvgIpc) is 2.23. The smallest absolute Gasteiger partial charge is 0.320 e. The molecule has 5 N–H and O–H groups in total. The first kappa shape index (κ1) is 13.3. The number of rotatable bonds is 5. The number of carboxylic acids is 1. The maximum atomic E-state index is 10.7. The Bertz CT molecular complexity index is 385. The van der Waals surface area contributed by atoms with Crippen molar-refractivity contribution in [2.45, 2.75) is 31.7 Å². The first-order valence-electron chi connectivity index (χ1n) is 5.45. The molecule has 94 valence electrons. The van der Waals surface area contributed by atoms with E-state index in [-0.39, 0.29) is 23.8 Å². The van der Waals surface area contributed by atoms with E-state index in [9.17, 15) is 15.0 Å². The van der Waals surface area contributed by atoms with Crippen molar-refractivity contribution in [3.05, 3.63) is 23.8 Å². The molecule has 0 aromatic heterocycles. The molecule has 0 bridgehead atoms. The van der Waals surface area contributed by atoms with E-state index in [4.69, 9.17) is 10.8 Å². The predicted octanol–water partition coefficient (Wildman–Crippen LogP) is 1.39. The van der Waals surface area contributed by atoms with Crippen LogP contribution in [0.4, 0.5) is 0 Å². The molecule has 0 aliphatic rings. The SMILES string of the molecule is CCC(CC(N)C(=O)O)c1cc(O)cc(O)c1. The van der Waals surface area contributed by atoms with Crippen LogP contribution in [0.15, 0.2) is 18.2 Å². The van der Waals surface area contributed by atoms with Crippen LogP contribution >= 0.6 is 0 Å². The van der Waals surface area contributed by atoms with Crippen LogP contribution in [0.3, 0.4) is 0 Å². The number of nitrogens with two attached hydrogens (primary N) is 1. The second-order valence-corrected chi connectivity index (χ2v) is 4.07. The van der Waals surface area contributed by atoms with Crippen LogP contribution < -0.4 is 5.73 Å². The fraction of sp³-hybridized carbons (Fsp3) is 0.417. The van der Waals surface area contributed by atoms with Gasteiger partial charge in [0.25, 0.3) is 0 Å². The lowest BCUT2D eigenvalue weighted by Gasteiger charge is -2.18. The van der Waals surface area contributed by atoms with Gasteiger partial charge in [0.1, 0.15) is 17.5 Å². The Balaban J connectivity index is 2.89. The van der Waals surface area contributed by atoms with Crippen molar-refractivity contribution in [2.24, 2.45) is 5.73 Å². The van der Waals surface area contributed by atoms with E-state index in [1.54, 1.807) is 0 Å². The van der Waals surface area contributed by atoms with Gasteiger partial charge in [-0.1, -0.05) is 6.92 Å².